The summed E-state index contributed by atoms with van der Waals surface area (Å²) in [5, 5.41) is 12.1. The van der Waals surface area contributed by atoms with E-state index in [9.17, 15) is 4.79 Å². The minimum absolute atomic E-state index is 0.0951. The number of benzene rings is 1. The van der Waals surface area contributed by atoms with E-state index >= 15 is 0 Å². The Bertz CT molecular complexity index is 401. The predicted molar refractivity (Wildman–Crippen MR) is 62.5 cm³/mol. The quantitative estimate of drug-likeness (QED) is 0.816. The molecule has 0 spiro atoms. The Kier molecular flexibility index (Phi) is 3.25. The average Bonchev–Trinajstić information content (AvgIpc) is 2.27. The van der Waals surface area contributed by atoms with E-state index in [1.807, 2.05) is 6.92 Å². The fourth-order valence-corrected chi connectivity index (χ4v) is 2.18. The fourth-order valence-electron chi connectivity index (χ4n) is 2.18. The second kappa shape index (κ2) is 4.66. The van der Waals surface area contributed by atoms with Crippen molar-refractivity contribution >= 4 is 5.97 Å². The Labute approximate surface area is 95.5 Å². The average molecular weight is 219 g/mol. The smallest absolute Gasteiger partial charge is 0.303 e. The lowest BCUT2D eigenvalue weighted by Gasteiger charge is -2.19. The van der Waals surface area contributed by atoms with Crippen LogP contribution in [0.2, 0.25) is 0 Å². The highest BCUT2D eigenvalue weighted by Gasteiger charge is 2.13. The molecular formula is C13H17NO2. The van der Waals surface area contributed by atoms with Crippen molar-refractivity contribution < 1.29 is 9.90 Å². The Balaban J connectivity index is 2.19. The molecule has 0 radical (unpaired) electrons. The van der Waals surface area contributed by atoms with E-state index in [1.54, 1.807) is 0 Å². The van der Waals surface area contributed by atoms with Crippen LogP contribution in [0.4, 0.5) is 0 Å². The zero-order valence-corrected chi connectivity index (χ0v) is 9.49. The predicted octanol–water partition coefficient (Wildman–Crippen LogP) is 1.91. The van der Waals surface area contributed by atoms with Gasteiger partial charge in [0.1, 0.15) is 0 Å². The van der Waals surface area contributed by atoms with Crippen molar-refractivity contribution in [3.63, 3.8) is 0 Å². The number of carbonyl (C=O) groups is 1. The number of aliphatic carboxylic acids is 1. The lowest BCUT2D eigenvalue weighted by atomic mass is 9.91. The maximum Gasteiger partial charge on any atom is 0.303 e. The normalized spacial score (nSPS) is 16.6. The van der Waals surface area contributed by atoms with E-state index in [2.05, 4.69) is 23.5 Å². The van der Waals surface area contributed by atoms with Gasteiger partial charge in [0.2, 0.25) is 0 Å². The van der Waals surface area contributed by atoms with Crippen LogP contribution in [0, 0.1) is 0 Å². The maximum absolute atomic E-state index is 10.7. The summed E-state index contributed by atoms with van der Waals surface area (Å²) in [6, 6.07) is 6.35. The first-order chi connectivity index (χ1) is 7.66. The summed E-state index contributed by atoms with van der Waals surface area (Å²) in [6.07, 6.45) is 1.25. The molecule has 3 heteroatoms. The third kappa shape index (κ3) is 2.42. The van der Waals surface area contributed by atoms with Crippen LogP contribution in [-0.4, -0.2) is 17.6 Å². The summed E-state index contributed by atoms with van der Waals surface area (Å²) in [4.78, 5) is 10.7. The molecule has 0 aliphatic carbocycles. The highest BCUT2D eigenvalue weighted by atomic mass is 16.4. The first kappa shape index (κ1) is 11.1. The molecule has 1 unspecified atom stereocenters. The summed E-state index contributed by atoms with van der Waals surface area (Å²) in [5.41, 5.74) is 3.86. The van der Waals surface area contributed by atoms with Gasteiger partial charge < -0.3 is 10.4 Å². The number of fused-ring (bicyclic) bond motifs is 1. The van der Waals surface area contributed by atoms with Crippen molar-refractivity contribution in [1.29, 1.82) is 0 Å². The van der Waals surface area contributed by atoms with Crippen molar-refractivity contribution in [2.45, 2.75) is 32.2 Å². The largest absolute Gasteiger partial charge is 0.481 e. The van der Waals surface area contributed by atoms with Crippen LogP contribution < -0.4 is 5.32 Å². The van der Waals surface area contributed by atoms with Gasteiger partial charge in [-0.2, -0.15) is 0 Å². The summed E-state index contributed by atoms with van der Waals surface area (Å²) >= 11 is 0. The van der Waals surface area contributed by atoms with Crippen LogP contribution in [0.5, 0.6) is 0 Å². The Morgan fingerprint density at radius 3 is 3.06 bits per heavy atom. The molecule has 0 aromatic heterocycles. The van der Waals surface area contributed by atoms with Crippen LogP contribution in [0.15, 0.2) is 18.2 Å². The number of rotatable bonds is 3. The third-order valence-corrected chi connectivity index (χ3v) is 3.17. The molecule has 0 saturated carbocycles. The maximum atomic E-state index is 10.7. The Morgan fingerprint density at radius 2 is 2.31 bits per heavy atom. The molecule has 1 aliphatic heterocycles. The van der Waals surface area contributed by atoms with Gasteiger partial charge in [0.25, 0.3) is 0 Å². The van der Waals surface area contributed by atoms with E-state index < -0.39 is 5.97 Å². The van der Waals surface area contributed by atoms with Crippen molar-refractivity contribution in [2.24, 2.45) is 0 Å². The van der Waals surface area contributed by atoms with Gasteiger partial charge in [-0.1, -0.05) is 25.1 Å². The molecule has 1 aliphatic rings. The second-order valence-corrected chi connectivity index (χ2v) is 4.45. The molecule has 0 fully saturated rings. The topological polar surface area (TPSA) is 49.3 Å². The molecule has 0 bridgehead atoms. The zero-order valence-electron chi connectivity index (χ0n) is 9.49. The second-order valence-electron chi connectivity index (χ2n) is 4.45. The van der Waals surface area contributed by atoms with Gasteiger partial charge in [0, 0.05) is 6.54 Å². The molecule has 86 valence electrons. The molecular weight excluding hydrogens is 202 g/mol. The van der Waals surface area contributed by atoms with Gasteiger partial charge in [0.05, 0.1) is 6.42 Å². The summed E-state index contributed by atoms with van der Waals surface area (Å²) in [5.74, 6) is -0.635. The van der Waals surface area contributed by atoms with Crippen molar-refractivity contribution in [3.05, 3.63) is 34.9 Å². The molecule has 1 aromatic carbocycles. The van der Waals surface area contributed by atoms with Crippen LogP contribution in [0.1, 0.15) is 36.0 Å². The van der Waals surface area contributed by atoms with Crippen LogP contribution in [0.3, 0.4) is 0 Å². The Morgan fingerprint density at radius 1 is 1.50 bits per heavy atom. The highest BCUT2D eigenvalue weighted by Crippen LogP contribution is 2.23. The standard InChI is InChI=1S/C13H17NO2/c1-9(6-13(15)16)10-2-3-12-8-14-5-4-11(12)7-10/h2-3,7,9,14H,4-6,8H2,1H3,(H,15,16). The number of hydrogen-bond donors (Lipinski definition) is 2. The summed E-state index contributed by atoms with van der Waals surface area (Å²) in [7, 11) is 0. The number of carboxylic acid groups (broad SMARTS) is 1. The lowest BCUT2D eigenvalue weighted by molar-refractivity contribution is -0.137. The van der Waals surface area contributed by atoms with E-state index in [-0.39, 0.29) is 12.3 Å². The molecule has 1 atom stereocenters. The van der Waals surface area contributed by atoms with Crippen LogP contribution >= 0.6 is 0 Å². The Hall–Kier alpha value is -1.35. The highest BCUT2D eigenvalue weighted by molar-refractivity contribution is 5.68. The fraction of sp³-hybridized carbons (Fsp3) is 0.462. The summed E-state index contributed by atoms with van der Waals surface area (Å²) in [6.45, 7) is 3.92. The monoisotopic (exact) mass is 219 g/mol. The molecule has 1 aromatic rings. The molecule has 1 heterocycles. The number of carboxylic acids is 1. The van der Waals surface area contributed by atoms with E-state index in [0.29, 0.717) is 0 Å². The SMILES string of the molecule is CC(CC(=O)O)c1ccc2c(c1)CCNC2. The molecule has 2 N–H and O–H groups in total. The van der Waals surface area contributed by atoms with E-state index in [1.165, 1.54) is 11.1 Å². The van der Waals surface area contributed by atoms with Gasteiger partial charge in [-0.15, -0.1) is 0 Å². The minimum atomic E-state index is -0.730. The first-order valence-corrected chi connectivity index (χ1v) is 5.71. The van der Waals surface area contributed by atoms with E-state index in [4.69, 9.17) is 5.11 Å². The van der Waals surface area contributed by atoms with Crippen LogP contribution in [0.25, 0.3) is 0 Å². The molecule has 16 heavy (non-hydrogen) atoms. The van der Waals surface area contributed by atoms with Gasteiger partial charge in [0.15, 0.2) is 0 Å². The number of nitrogens with one attached hydrogen (secondary N) is 1. The lowest BCUT2D eigenvalue weighted by Crippen LogP contribution is -2.23. The zero-order chi connectivity index (χ0) is 11.5. The molecule has 0 amide bonds. The van der Waals surface area contributed by atoms with Crippen molar-refractivity contribution in [2.75, 3.05) is 6.54 Å². The minimum Gasteiger partial charge on any atom is -0.481 e. The van der Waals surface area contributed by atoms with E-state index in [0.717, 1.165) is 25.1 Å². The van der Waals surface area contributed by atoms with Crippen molar-refractivity contribution in [1.82, 2.24) is 5.32 Å². The third-order valence-electron chi connectivity index (χ3n) is 3.17. The summed E-state index contributed by atoms with van der Waals surface area (Å²) < 4.78 is 0. The van der Waals surface area contributed by atoms with Gasteiger partial charge in [-0.3, -0.25) is 4.79 Å². The van der Waals surface area contributed by atoms with Gasteiger partial charge >= 0.3 is 5.97 Å². The molecule has 2 rings (SSSR count). The van der Waals surface area contributed by atoms with Gasteiger partial charge in [-0.05, 0) is 35.6 Å². The number of hydrogen-bond acceptors (Lipinski definition) is 2. The molecule has 3 nitrogen and oxygen atoms in total. The molecule has 0 saturated heterocycles. The van der Waals surface area contributed by atoms with Crippen molar-refractivity contribution in [3.8, 4) is 0 Å². The van der Waals surface area contributed by atoms with Gasteiger partial charge in [-0.25, -0.2) is 0 Å². The first-order valence-electron chi connectivity index (χ1n) is 5.71. The van der Waals surface area contributed by atoms with Crippen LogP contribution in [-0.2, 0) is 17.8 Å².